The fourth-order valence-corrected chi connectivity index (χ4v) is 9.89. The average molecular weight is 1220 g/mol. The van der Waals surface area contributed by atoms with Crippen LogP contribution in [0.4, 0.5) is 26.3 Å². The summed E-state index contributed by atoms with van der Waals surface area (Å²) in [6.07, 6.45) is -0.704. The monoisotopic (exact) mass is 1220 g/mol. The second kappa shape index (κ2) is 26.6. The molecule has 0 saturated heterocycles. The molecule has 10 rings (SSSR count). The van der Waals surface area contributed by atoms with Crippen LogP contribution >= 0.6 is 23.2 Å². The molecule has 22 heteroatoms. The molecule has 4 aromatic heterocycles. The first kappa shape index (κ1) is 61.7. The van der Waals surface area contributed by atoms with E-state index in [4.69, 9.17) is 42.1 Å². The molecule has 0 saturated carbocycles. The summed E-state index contributed by atoms with van der Waals surface area (Å²) in [7, 11) is 3.11. The van der Waals surface area contributed by atoms with Gasteiger partial charge >= 0.3 is 11.9 Å². The van der Waals surface area contributed by atoms with Crippen LogP contribution in [0.15, 0.2) is 133 Å². The molecule has 14 nitrogen and oxygen atoms in total. The minimum absolute atomic E-state index is 0.0548. The number of ether oxygens (including phenoxy) is 4. The second-order valence-electron chi connectivity index (χ2n) is 20.1. The highest BCUT2D eigenvalue weighted by atomic mass is 35.5. The van der Waals surface area contributed by atoms with Gasteiger partial charge in [0.2, 0.25) is 11.8 Å². The molecule has 4 heterocycles. The highest BCUT2D eigenvalue weighted by molar-refractivity contribution is 6.30. The number of hydrogen-bond acceptors (Lipinski definition) is 10. The molecule has 4 unspecified atom stereocenters. The van der Waals surface area contributed by atoms with Crippen molar-refractivity contribution in [1.29, 1.82) is 0 Å². The molecule has 0 fully saturated rings. The Kier molecular flexibility index (Phi) is 19.1. The quantitative estimate of drug-likeness (QED) is 0.0693. The summed E-state index contributed by atoms with van der Waals surface area (Å²) in [5, 5.41) is 19.5. The number of imidazole rings is 2. The molecule has 0 amide bonds. The summed E-state index contributed by atoms with van der Waals surface area (Å²) in [6.45, 7) is 7.21. The first-order chi connectivity index (χ1) is 41.1. The number of rotatable bonds is 20. The van der Waals surface area contributed by atoms with Crippen molar-refractivity contribution in [3.8, 4) is 34.3 Å². The van der Waals surface area contributed by atoms with Gasteiger partial charge in [0.15, 0.2) is 0 Å². The molecular weight excluding hydrogens is 1170 g/mol. The van der Waals surface area contributed by atoms with Gasteiger partial charge in [-0.2, -0.15) is 0 Å². The lowest BCUT2D eigenvalue weighted by molar-refractivity contribution is 0.0686. The number of methoxy groups -OCH3 is 2. The van der Waals surface area contributed by atoms with Crippen molar-refractivity contribution < 1.29 is 65.1 Å². The van der Waals surface area contributed by atoms with Crippen molar-refractivity contribution >= 4 is 57.2 Å². The van der Waals surface area contributed by atoms with Crippen LogP contribution in [-0.2, 0) is 35.5 Å². The normalized spacial score (nSPS) is 12.8. The van der Waals surface area contributed by atoms with Gasteiger partial charge in [-0.1, -0.05) is 47.5 Å². The Hall–Kier alpha value is -8.82. The predicted octanol–water partition coefficient (Wildman–Crippen LogP) is 15.3. The fourth-order valence-electron chi connectivity index (χ4n) is 9.58. The molecule has 0 spiro atoms. The molecular formula is C64H54Cl2F6N6O8. The summed E-state index contributed by atoms with van der Waals surface area (Å²) in [5.74, 6) is -4.97. The van der Waals surface area contributed by atoms with Crippen molar-refractivity contribution in [1.82, 2.24) is 29.1 Å². The number of hydrogen-bond donors (Lipinski definition) is 2. The zero-order valence-corrected chi connectivity index (χ0v) is 48.4. The van der Waals surface area contributed by atoms with Crippen LogP contribution in [0.25, 0.3) is 44.6 Å². The van der Waals surface area contributed by atoms with E-state index in [1.807, 2.05) is 27.7 Å². The molecule has 0 aliphatic rings. The van der Waals surface area contributed by atoms with Gasteiger partial charge in [0.1, 0.15) is 59.8 Å². The van der Waals surface area contributed by atoms with Crippen molar-refractivity contribution in [3.05, 3.63) is 223 Å². The van der Waals surface area contributed by atoms with Gasteiger partial charge in [0, 0.05) is 71.5 Å². The zero-order valence-electron chi connectivity index (χ0n) is 46.9. The third-order valence-electron chi connectivity index (χ3n) is 14.7. The molecule has 0 radical (unpaired) electrons. The van der Waals surface area contributed by atoms with E-state index in [0.29, 0.717) is 33.7 Å². The van der Waals surface area contributed by atoms with Crippen LogP contribution < -0.4 is 9.47 Å². The Morgan fingerprint density at radius 1 is 0.477 bits per heavy atom. The number of fused-ring (bicyclic) bond motifs is 2. The van der Waals surface area contributed by atoms with E-state index in [1.165, 1.54) is 84.9 Å². The molecule has 10 aromatic rings. The van der Waals surface area contributed by atoms with E-state index >= 15 is 17.6 Å². The number of halogens is 8. The first-order valence-electron chi connectivity index (χ1n) is 26.7. The summed E-state index contributed by atoms with van der Waals surface area (Å²) in [5.41, 5.74) is 3.03. The topological polar surface area (TPSA) is 173 Å². The SMILES string of the molecule is COC(C)C(C)n1c(Cc2cc(F)c(-c3cccc(OCc4ccc(Cl)cc4F)n3)cc2F)nc2ccc(C(=O)O)cc21.COC(C)C(C)n1c(Cc2cc(F)c(-c3cccc(OCc4ccc(Cl)cc4F)n3)cc2F)nc2ccc(C(=O)O)cc21. The standard InChI is InChI=1S/2C32H27ClF3N3O4/c2*1-17(18(2)42-3)39-29-12-19(32(40)41)8-10-28(29)37-30(39)13-21-11-26(36)23(15-25(21)35)27-5-4-6-31(38-27)43-16-20-7-9-22(33)14-24(20)34/h2*4-12,14-15,17-18H,13,16H2,1-3H3,(H,40,41). The van der Waals surface area contributed by atoms with Crippen molar-refractivity contribution in [3.63, 3.8) is 0 Å². The van der Waals surface area contributed by atoms with Gasteiger partial charge in [-0.15, -0.1) is 0 Å². The van der Waals surface area contributed by atoms with Crippen LogP contribution in [0, 0.1) is 34.9 Å². The van der Waals surface area contributed by atoms with Crippen LogP contribution in [0.1, 0.15) is 94.4 Å². The van der Waals surface area contributed by atoms with Crippen molar-refractivity contribution in [2.75, 3.05) is 14.2 Å². The third-order valence-corrected chi connectivity index (χ3v) is 15.2. The van der Waals surface area contributed by atoms with Gasteiger partial charge in [-0.25, -0.2) is 55.9 Å². The predicted molar refractivity (Wildman–Crippen MR) is 312 cm³/mol. The van der Waals surface area contributed by atoms with E-state index in [2.05, 4.69) is 19.9 Å². The highest BCUT2D eigenvalue weighted by Gasteiger charge is 2.26. The van der Waals surface area contributed by atoms with Gasteiger partial charge in [-0.05, 0) is 136 Å². The summed E-state index contributed by atoms with van der Waals surface area (Å²) < 4.78 is 116. The van der Waals surface area contributed by atoms with Gasteiger partial charge in [0.25, 0.3) is 0 Å². The Morgan fingerprint density at radius 2 is 0.860 bits per heavy atom. The molecule has 2 N–H and O–H groups in total. The maximum absolute atomic E-state index is 15.5. The highest BCUT2D eigenvalue weighted by Crippen LogP contribution is 2.34. The van der Waals surface area contributed by atoms with Crippen LogP contribution in [0.5, 0.6) is 11.8 Å². The number of benzene rings is 6. The third kappa shape index (κ3) is 13.8. The van der Waals surface area contributed by atoms with Crippen LogP contribution in [0.2, 0.25) is 10.0 Å². The zero-order chi connectivity index (χ0) is 61.7. The second-order valence-corrected chi connectivity index (χ2v) is 21.0. The Balaban J connectivity index is 0.000000205. The number of aromatic carboxylic acids is 2. The summed E-state index contributed by atoms with van der Waals surface area (Å²) in [6, 6.07) is 30.5. The van der Waals surface area contributed by atoms with E-state index in [1.54, 1.807) is 47.6 Å². The van der Waals surface area contributed by atoms with Gasteiger partial charge in [-0.3, -0.25) is 0 Å². The summed E-state index contributed by atoms with van der Waals surface area (Å²) >= 11 is 11.6. The average Bonchev–Trinajstić information content (AvgIpc) is 2.31. The van der Waals surface area contributed by atoms with Gasteiger partial charge < -0.3 is 38.3 Å². The van der Waals surface area contributed by atoms with E-state index in [0.717, 1.165) is 24.3 Å². The van der Waals surface area contributed by atoms with E-state index in [9.17, 15) is 28.6 Å². The largest absolute Gasteiger partial charge is 0.478 e. The van der Waals surface area contributed by atoms with E-state index < -0.39 is 46.8 Å². The molecule has 6 aromatic carbocycles. The number of carbonyl (C=O) groups is 2. The minimum atomic E-state index is -1.09. The van der Waals surface area contributed by atoms with Gasteiger partial charge in [0.05, 0.1) is 68.9 Å². The smallest absolute Gasteiger partial charge is 0.335 e. The van der Waals surface area contributed by atoms with Crippen LogP contribution in [0.3, 0.4) is 0 Å². The molecule has 4 atom stereocenters. The van der Waals surface area contributed by atoms with Crippen molar-refractivity contribution in [2.45, 2.75) is 78.0 Å². The lowest BCUT2D eigenvalue weighted by Crippen LogP contribution is -2.22. The number of pyridine rings is 2. The Bertz CT molecular complexity index is 3920. The molecule has 86 heavy (non-hydrogen) atoms. The number of carboxylic acids is 2. The Labute approximate surface area is 499 Å². The molecule has 444 valence electrons. The number of nitrogens with zero attached hydrogens (tertiary/aromatic N) is 6. The van der Waals surface area contributed by atoms with Crippen molar-refractivity contribution in [2.24, 2.45) is 0 Å². The molecule has 0 bridgehead atoms. The Morgan fingerprint density at radius 3 is 1.22 bits per heavy atom. The summed E-state index contributed by atoms with van der Waals surface area (Å²) in [4.78, 5) is 41.0. The maximum Gasteiger partial charge on any atom is 0.335 e. The number of carboxylic acid groups (broad SMARTS) is 2. The van der Waals surface area contributed by atoms with Crippen LogP contribution in [-0.4, -0.2) is 77.6 Å². The fraction of sp³-hybridized carbons (Fsp3) is 0.219. The molecule has 0 aliphatic carbocycles. The van der Waals surface area contributed by atoms with E-state index in [-0.39, 0.29) is 128 Å². The lowest BCUT2D eigenvalue weighted by atomic mass is 10.0. The number of aromatic nitrogens is 6. The molecule has 0 aliphatic heterocycles. The minimum Gasteiger partial charge on any atom is -0.478 e. The lowest BCUT2D eigenvalue weighted by Gasteiger charge is -2.23. The maximum atomic E-state index is 15.5. The first-order valence-corrected chi connectivity index (χ1v) is 27.4.